The molecule has 2 aromatic carbocycles. The van der Waals surface area contributed by atoms with E-state index in [4.69, 9.17) is 16.3 Å². The maximum Gasteiger partial charge on any atom is 0.244 e. The molecule has 1 aliphatic heterocycles. The molecule has 28 heavy (non-hydrogen) atoms. The van der Waals surface area contributed by atoms with Crippen LogP contribution in [0.2, 0.25) is 5.02 Å². The lowest BCUT2D eigenvalue weighted by Gasteiger charge is -2.29. The van der Waals surface area contributed by atoms with Gasteiger partial charge in [0.15, 0.2) is 0 Å². The third-order valence-corrected chi connectivity index (χ3v) is 4.80. The maximum atomic E-state index is 12.2. The molecule has 0 atom stereocenters. The first-order valence-corrected chi connectivity index (χ1v) is 9.36. The van der Waals surface area contributed by atoms with E-state index in [-0.39, 0.29) is 31.2 Å². The van der Waals surface area contributed by atoms with Crippen LogP contribution in [0.3, 0.4) is 0 Å². The van der Waals surface area contributed by atoms with Crippen LogP contribution in [0, 0.1) is 0 Å². The summed E-state index contributed by atoms with van der Waals surface area (Å²) in [6, 6.07) is 14.9. The van der Waals surface area contributed by atoms with Gasteiger partial charge in [0.25, 0.3) is 0 Å². The Hall–Kier alpha value is -2.99. The van der Waals surface area contributed by atoms with Gasteiger partial charge < -0.3 is 10.1 Å². The van der Waals surface area contributed by atoms with E-state index >= 15 is 0 Å². The summed E-state index contributed by atoms with van der Waals surface area (Å²) in [5.41, 5.74) is 5.73. The van der Waals surface area contributed by atoms with Gasteiger partial charge in [-0.15, -0.1) is 0 Å². The molecule has 0 saturated carbocycles. The Kier molecular flexibility index (Phi) is 6.55. The highest BCUT2D eigenvalue weighted by atomic mass is 35.5. The number of nitrogens with zero attached hydrogens (tertiary/aromatic N) is 1. The number of hydrazine groups is 1. The number of rotatable bonds is 7. The predicted octanol–water partition coefficient (Wildman–Crippen LogP) is 3.13. The lowest BCUT2D eigenvalue weighted by Crippen LogP contribution is -2.45. The Labute approximate surface area is 169 Å². The molecular formula is C21H22ClN3O3. The van der Waals surface area contributed by atoms with Crippen molar-refractivity contribution in [1.29, 1.82) is 0 Å². The van der Waals surface area contributed by atoms with Gasteiger partial charge in [-0.2, -0.15) is 0 Å². The summed E-state index contributed by atoms with van der Waals surface area (Å²) in [5, 5.41) is 4.93. The summed E-state index contributed by atoms with van der Waals surface area (Å²) in [5.74, 6) is 0.550. The predicted molar refractivity (Wildman–Crippen MR) is 108 cm³/mol. The third kappa shape index (κ3) is 5.04. The molecule has 0 fully saturated rings. The third-order valence-electron chi connectivity index (χ3n) is 4.43. The van der Waals surface area contributed by atoms with Crippen molar-refractivity contribution < 1.29 is 14.3 Å². The molecule has 7 heteroatoms. The molecule has 6 nitrogen and oxygen atoms in total. The number of halogens is 1. The van der Waals surface area contributed by atoms with Crippen LogP contribution in [0.1, 0.15) is 24.0 Å². The van der Waals surface area contributed by atoms with Crippen molar-refractivity contribution in [2.45, 2.75) is 19.4 Å². The van der Waals surface area contributed by atoms with E-state index in [0.29, 0.717) is 11.6 Å². The number of hydrogen-bond donors (Lipinski definition) is 2. The minimum Gasteiger partial charge on any atom is -0.497 e. The molecule has 0 saturated heterocycles. The van der Waals surface area contributed by atoms with Crippen LogP contribution in [-0.2, 0) is 16.1 Å². The highest BCUT2D eigenvalue weighted by Gasteiger charge is 2.20. The second kappa shape index (κ2) is 9.28. The first-order valence-electron chi connectivity index (χ1n) is 8.98. The van der Waals surface area contributed by atoms with Crippen LogP contribution in [0.15, 0.2) is 54.6 Å². The molecule has 0 spiro atoms. The average molecular weight is 400 g/mol. The molecule has 1 heterocycles. The largest absolute Gasteiger partial charge is 0.497 e. The molecule has 2 amide bonds. The highest BCUT2D eigenvalue weighted by molar-refractivity contribution is 6.31. The van der Waals surface area contributed by atoms with Gasteiger partial charge in [0.1, 0.15) is 5.75 Å². The molecule has 0 radical (unpaired) electrons. The Morgan fingerprint density at radius 1 is 1.21 bits per heavy atom. The van der Waals surface area contributed by atoms with Crippen molar-refractivity contribution in [3.8, 4) is 5.75 Å². The Morgan fingerprint density at radius 3 is 2.68 bits per heavy atom. The second-order valence-electron chi connectivity index (χ2n) is 6.33. The molecule has 0 bridgehead atoms. The number of carbonyl (C=O) groups excluding carboxylic acids is 2. The smallest absolute Gasteiger partial charge is 0.244 e. The summed E-state index contributed by atoms with van der Waals surface area (Å²) < 4.78 is 5.16. The normalized spacial score (nSPS) is 13.6. The minimum absolute atomic E-state index is 0.0730. The fourth-order valence-corrected chi connectivity index (χ4v) is 3.03. The topological polar surface area (TPSA) is 70.7 Å². The molecule has 2 N–H and O–H groups in total. The van der Waals surface area contributed by atoms with Gasteiger partial charge in [-0.3, -0.25) is 20.0 Å². The summed E-state index contributed by atoms with van der Waals surface area (Å²) in [6.07, 6.45) is 2.33. The fraction of sp³-hybridized carbons (Fsp3) is 0.238. The summed E-state index contributed by atoms with van der Waals surface area (Å²) in [7, 11) is 1.62. The summed E-state index contributed by atoms with van der Waals surface area (Å²) >= 11 is 6.09. The van der Waals surface area contributed by atoms with E-state index in [1.807, 2.05) is 48.5 Å². The SMILES string of the molecule is COc1ccc(C2=CCC(=O)N(CCC(=O)NCc3ccccc3Cl)N2)cc1. The standard InChI is InChI=1S/C21H22ClN3O3/c1-28-17-8-6-15(7-9-17)19-10-11-21(27)25(24-19)13-12-20(26)23-14-16-4-2-3-5-18(16)22/h2-10,24H,11-14H2,1H3,(H,23,26). The number of ether oxygens (including phenoxy) is 1. The Balaban J connectivity index is 1.52. The average Bonchev–Trinajstić information content (AvgIpc) is 2.72. The number of benzene rings is 2. The van der Waals surface area contributed by atoms with Gasteiger partial charge in [0.2, 0.25) is 11.8 Å². The zero-order valence-electron chi connectivity index (χ0n) is 15.6. The van der Waals surface area contributed by atoms with Gasteiger partial charge in [0.05, 0.1) is 19.4 Å². The van der Waals surface area contributed by atoms with Crippen molar-refractivity contribution in [2.24, 2.45) is 0 Å². The zero-order chi connectivity index (χ0) is 19.9. The Bertz CT molecular complexity index is 881. The van der Waals surface area contributed by atoms with E-state index in [1.54, 1.807) is 13.2 Å². The highest BCUT2D eigenvalue weighted by Crippen LogP contribution is 2.20. The van der Waals surface area contributed by atoms with E-state index in [2.05, 4.69) is 10.7 Å². The van der Waals surface area contributed by atoms with Crippen LogP contribution in [-0.4, -0.2) is 30.5 Å². The van der Waals surface area contributed by atoms with Crippen LogP contribution >= 0.6 is 11.6 Å². The van der Waals surface area contributed by atoms with E-state index < -0.39 is 0 Å². The van der Waals surface area contributed by atoms with Crippen molar-refractivity contribution >= 4 is 29.1 Å². The molecule has 2 aromatic rings. The minimum atomic E-state index is -0.143. The molecule has 1 aliphatic rings. The van der Waals surface area contributed by atoms with Crippen LogP contribution < -0.4 is 15.5 Å². The molecule has 0 unspecified atom stereocenters. The maximum absolute atomic E-state index is 12.2. The van der Waals surface area contributed by atoms with Crippen molar-refractivity contribution in [3.05, 3.63) is 70.8 Å². The van der Waals surface area contributed by atoms with Gasteiger partial charge >= 0.3 is 0 Å². The molecule has 0 aliphatic carbocycles. The lowest BCUT2D eigenvalue weighted by atomic mass is 10.1. The second-order valence-corrected chi connectivity index (χ2v) is 6.73. The van der Waals surface area contributed by atoms with Crippen LogP contribution in [0.25, 0.3) is 5.70 Å². The number of hydrogen-bond acceptors (Lipinski definition) is 4. The van der Waals surface area contributed by atoms with Crippen LogP contribution in [0.5, 0.6) is 5.75 Å². The Morgan fingerprint density at radius 2 is 1.96 bits per heavy atom. The monoisotopic (exact) mass is 399 g/mol. The van der Waals surface area contributed by atoms with E-state index in [9.17, 15) is 9.59 Å². The quantitative estimate of drug-likeness (QED) is 0.750. The number of amides is 2. The van der Waals surface area contributed by atoms with Crippen molar-refractivity contribution in [3.63, 3.8) is 0 Å². The first kappa shape index (κ1) is 19.8. The van der Waals surface area contributed by atoms with Gasteiger partial charge in [-0.1, -0.05) is 29.8 Å². The summed E-state index contributed by atoms with van der Waals surface area (Å²) in [4.78, 5) is 24.3. The van der Waals surface area contributed by atoms with Gasteiger partial charge in [0, 0.05) is 24.4 Å². The van der Waals surface area contributed by atoms with Crippen LogP contribution in [0.4, 0.5) is 0 Å². The van der Waals surface area contributed by atoms with E-state index in [0.717, 1.165) is 22.6 Å². The lowest BCUT2D eigenvalue weighted by molar-refractivity contribution is -0.133. The molecule has 0 aromatic heterocycles. The summed E-state index contributed by atoms with van der Waals surface area (Å²) in [6.45, 7) is 0.636. The number of carbonyl (C=O) groups is 2. The zero-order valence-corrected chi connectivity index (χ0v) is 16.3. The molecule has 146 valence electrons. The first-order chi connectivity index (χ1) is 13.6. The number of nitrogens with one attached hydrogen (secondary N) is 2. The van der Waals surface area contributed by atoms with Gasteiger partial charge in [-0.05, 0) is 47.5 Å². The fourth-order valence-electron chi connectivity index (χ4n) is 2.82. The number of methoxy groups -OCH3 is 1. The van der Waals surface area contributed by atoms with Crippen molar-refractivity contribution in [2.75, 3.05) is 13.7 Å². The molecular weight excluding hydrogens is 378 g/mol. The molecule has 3 rings (SSSR count). The van der Waals surface area contributed by atoms with Gasteiger partial charge in [-0.25, -0.2) is 0 Å². The van der Waals surface area contributed by atoms with E-state index in [1.165, 1.54) is 5.01 Å². The van der Waals surface area contributed by atoms with Crippen molar-refractivity contribution in [1.82, 2.24) is 15.8 Å².